The van der Waals surface area contributed by atoms with Gasteiger partial charge in [-0.1, -0.05) is 11.8 Å². The molecule has 80 valence electrons. The van der Waals surface area contributed by atoms with Crippen LogP contribution in [-0.2, 0) is 4.74 Å². The van der Waals surface area contributed by atoms with Crippen molar-refractivity contribution in [2.45, 2.75) is 36.7 Å². The molecule has 0 radical (unpaired) electrons. The van der Waals surface area contributed by atoms with Crippen molar-refractivity contribution in [2.75, 3.05) is 6.61 Å². The summed E-state index contributed by atoms with van der Waals surface area (Å²) in [6.45, 7) is 1.54. The molecule has 2 heterocycles. The van der Waals surface area contributed by atoms with Gasteiger partial charge in [0, 0.05) is 0 Å². The molecule has 2 aliphatic heterocycles. The Bertz CT molecular complexity index is 260. The van der Waals surface area contributed by atoms with Crippen LogP contribution in [0, 0.1) is 0 Å². The number of aliphatic imine (C=N–C) groups is 1. The van der Waals surface area contributed by atoms with E-state index in [-0.39, 0.29) is 12.0 Å². The zero-order valence-corrected chi connectivity index (χ0v) is 8.52. The summed E-state index contributed by atoms with van der Waals surface area (Å²) >= 11 is 1.42. The number of hydrogen-bond donors (Lipinski definition) is 3. The molecule has 14 heavy (non-hydrogen) atoms. The number of hydrogen-bond acceptors (Lipinski definition) is 6. The van der Waals surface area contributed by atoms with Crippen molar-refractivity contribution in [3.05, 3.63) is 0 Å². The van der Waals surface area contributed by atoms with E-state index < -0.39 is 24.4 Å². The molecule has 1 unspecified atom stereocenters. The molecule has 0 bridgehead atoms. The van der Waals surface area contributed by atoms with Crippen LogP contribution in [0.5, 0.6) is 0 Å². The molecule has 5 nitrogen and oxygen atoms in total. The van der Waals surface area contributed by atoms with Gasteiger partial charge in [0.25, 0.3) is 0 Å². The molecule has 3 N–H and O–H groups in total. The second-order valence-electron chi connectivity index (χ2n) is 3.46. The first-order valence-electron chi connectivity index (χ1n) is 4.47. The predicted molar refractivity (Wildman–Crippen MR) is 52.2 cm³/mol. The van der Waals surface area contributed by atoms with Gasteiger partial charge in [-0.15, -0.1) is 0 Å². The molecule has 0 aliphatic carbocycles. The SMILES string of the molecule is CC1=N[C@H]2C(O[C@H](CO)[C@H](O)[C@@H]2O)S1. The van der Waals surface area contributed by atoms with Gasteiger partial charge < -0.3 is 20.1 Å². The number of fused-ring (bicyclic) bond motifs is 1. The maximum atomic E-state index is 9.71. The first-order valence-corrected chi connectivity index (χ1v) is 5.35. The lowest BCUT2D eigenvalue weighted by Crippen LogP contribution is -2.55. The van der Waals surface area contributed by atoms with E-state index in [2.05, 4.69) is 4.99 Å². The molecule has 5 atom stereocenters. The second kappa shape index (κ2) is 3.79. The Balaban J connectivity index is 2.14. The van der Waals surface area contributed by atoms with Gasteiger partial charge in [-0.2, -0.15) is 0 Å². The lowest BCUT2D eigenvalue weighted by molar-refractivity contribution is -0.164. The van der Waals surface area contributed by atoms with Crippen molar-refractivity contribution in [1.82, 2.24) is 0 Å². The van der Waals surface area contributed by atoms with E-state index in [9.17, 15) is 10.2 Å². The fourth-order valence-corrected chi connectivity index (χ4v) is 2.79. The third-order valence-corrected chi connectivity index (χ3v) is 3.53. The molecule has 0 aromatic carbocycles. The van der Waals surface area contributed by atoms with Gasteiger partial charge >= 0.3 is 0 Å². The third kappa shape index (κ3) is 1.57. The smallest absolute Gasteiger partial charge is 0.134 e. The normalized spacial score (nSPS) is 47.4. The standard InChI is InChI=1S/C8H13NO4S/c1-3-9-5-7(12)6(11)4(2-10)13-8(5)14-3/h4-8,10-12H,2H2,1H3/t4-,5-,6+,7-,8?/m1/s1. The summed E-state index contributed by atoms with van der Waals surface area (Å²) in [4.78, 5) is 4.17. The Morgan fingerprint density at radius 1 is 1.43 bits per heavy atom. The minimum Gasteiger partial charge on any atom is -0.394 e. The van der Waals surface area contributed by atoms with Crippen molar-refractivity contribution in [2.24, 2.45) is 4.99 Å². The van der Waals surface area contributed by atoms with E-state index in [1.54, 1.807) is 0 Å². The molecule has 6 heteroatoms. The molecule has 1 fully saturated rings. The summed E-state index contributed by atoms with van der Waals surface area (Å²) in [7, 11) is 0. The van der Waals surface area contributed by atoms with Crippen LogP contribution >= 0.6 is 11.8 Å². The van der Waals surface area contributed by atoms with Crippen molar-refractivity contribution < 1.29 is 20.1 Å². The van der Waals surface area contributed by atoms with E-state index in [4.69, 9.17) is 9.84 Å². The van der Waals surface area contributed by atoms with Crippen LogP contribution in [0.4, 0.5) is 0 Å². The summed E-state index contributed by atoms with van der Waals surface area (Å²) in [6.07, 6.45) is -2.72. The largest absolute Gasteiger partial charge is 0.394 e. The molecule has 0 aromatic heterocycles. The average Bonchev–Trinajstić information content (AvgIpc) is 2.52. The topological polar surface area (TPSA) is 82.3 Å². The highest BCUT2D eigenvalue weighted by atomic mass is 32.2. The van der Waals surface area contributed by atoms with Gasteiger partial charge in [0.05, 0.1) is 11.7 Å². The Kier molecular flexibility index (Phi) is 2.81. The molecule has 2 rings (SSSR count). The number of rotatable bonds is 1. The summed E-state index contributed by atoms with van der Waals surface area (Å²) < 4.78 is 5.40. The summed E-state index contributed by atoms with van der Waals surface area (Å²) in [5.41, 5.74) is -0.273. The zero-order valence-electron chi connectivity index (χ0n) is 7.70. The van der Waals surface area contributed by atoms with Gasteiger partial charge in [0.1, 0.15) is 29.8 Å². The highest BCUT2D eigenvalue weighted by molar-refractivity contribution is 8.14. The van der Waals surface area contributed by atoms with E-state index >= 15 is 0 Å². The molecule has 0 amide bonds. The Labute approximate surface area is 85.8 Å². The van der Waals surface area contributed by atoms with Crippen LogP contribution in [-0.4, -0.2) is 56.8 Å². The molecule has 2 aliphatic rings. The fraction of sp³-hybridized carbons (Fsp3) is 0.875. The maximum absolute atomic E-state index is 9.71. The fourth-order valence-electron chi connectivity index (χ4n) is 1.71. The molecular formula is C8H13NO4S. The van der Waals surface area contributed by atoms with E-state index in [0.29, 0.717) is 0 Å². The molecule has 0 aromatic rings. The van der Waals surface area contributed by atoms with Crippen LogP contribution in [0.2, 0.25) is 0 Å². The lowest BCUT2D eigenvalue weighted by Gasteiger charge is -2.37. The van der Waals surface area contributed by atoms with Crippen LogP contribution in [0.15, 0.2) is 4.99 Å². The minimum atomic E-state index is -1.06. The third-order valence-electron chi connectivity index (χ3n) is 2.47. The van der Waals surface area contributed by atoms with Crippen molar-refractivity contribution in [1.29, 1.82) is 0 Å². The molecule has 0 saturated carbocycles. The van der Waals surface area contributed by atoms with E-state index in [1.807, 2.05) is 6.92 Å². The van der Waals surface area contributed by atoms with Crippen molar-refractivity contribution in [3.8, 4) is 0 Å². The number of ether oxygens (including phenoxy) is 1. The van der Waals surface area contributed by atoms with Gasteiger partial charge in [-0.3, -0.25) is 4.99 Å². The minimum absolute atomic E-state index is 0.273. The second-order valence-corrected chi connectivity index (χ2v) is 4.75. The molecular weight excluding hydrogens is 206 g/mol. The molecule has 1 saturated heterocycles. The number of aliphatic hydroxyl groups is 3. The number of aliphatic hydroxyl groups excluding tert-OH is 3. The lowest BCUT2D eigenvalue weighted by atomic mass is 9.99. The first kappa shape index (κ1) is 10.4. The molecule has 0 spiro atoms. The monoisotopic (exact) mass is 219 g/mol. The Hall–Kier alpha value is -0.140. The van der Waals surface area contributed by atoms with Crippen molar-refractivity contribution >= 4 is 16.8 Å². The summed E-state index contributed by atoms with van der Waals surface area (Å²) in [5, 5.41) is 29.0. The highest BCUT2D eigenvalue weighted by Crippen LogP contribution is 2.36. The quantitative estimate of drug-likeness (QED) is 0.525. The van der Waals surface area contributed by atoms with Gasteiger partial charge in [0.2, 0.25) is 0 Å². The van der Waals surface area contributed by atoms with Crippen molar-refractivity contribution in [3.63, 3.8) is 0 Å². The predicted octanol–water partition coefficient (Wildman–Crippen LogP) is -1.04. The van der Waals surface area contributed by atoms with Crippen LogP contribution in [0.25, 0.3) is 0 Å². The summed E-state index contributed by atoms with van der Waals surface area (Å²) in [5.74, 6) is 0. The average molecular weight is 219 g/mol. The van der Waals surface area contributed by atoms with Crippen LogP contribution in [0.3, 0.4) is 0 Å². The number of thioether (sulfide) groups is 1. The Morgan fingerprint density at radius 2 is 2.14 bits per heavy atom. The van der Waals surface area contributed by atoms with Gasteiger partial charge in [0.15, 0.2) is 0 Å². The first-order chi connectivity index (χ1) is 6.63. The highest BCUT2D eigenvalue weighted by Gasteiger charge is 2.47. The van der Waals surface area contributed by atoms with Crippen LogP contribution in [0.1, 0.15) is 6.92 Å². The van der Waals surface area contributed by atoms with Gasteiger partial charge in [-0.05, 0) is 6.92 Å². The zero-order chi connectivity index (χ0) is 10.3. The van der Waals surface area contributed by atoms with Gasteiger partial charge in [-0.25, -0.2) is 0 Å². The van der Waals surface area contributed by atoms with E-state index in [0.717, 1.165) is 5.04 Å². The number of nitrogens with zero attached hydrogens (tertiary/aromatic N) is 1. The van der Waals surface area contributed by atoms with Crippen LogP contribution < -0.4 is 0 Å². The Morgan fingerprint density at radius 3 is 2.79 bits per heavy atom. The maximum Gasteiger partial charge on any atom is 0.134 e. The van der Waals surface area contributed by atoms with E-state index in [1.165, 1.54) is 11.8 Å². The summed E-state index contributed by atoms with van der Waals surface area (Å²) in [6, 6.07) is -0.405.